The van der Waals surface area contributed by atoms with Crippen LogP contribution < -0.4 is 0 Å². The van der Waals surface area contributed by atoms with Gasteiger partial charge >= 0.3 is 5.97 Å². The topological polar surface area (TPSA) is 50.1 Å². The molecule has 0 aliphatic rings. The van der Waals surface area contributed by atoms with Crippen LogP contribution in [-0.4, -0.2) is 12.6 Å². The van der Waals surface area contributed by atoms with E-state index in [1.807, 2.05) is 20.8 Å². The van der Waals surface area contributed by atoms with E-state index in [4.69, 9.17) is 10.00 Å². The Bertz CT molecular complexity index is 224. The monoisotopic (exact) mass is 211 g/mol. The third-order valence-electron chi connectivity index (χ3n) is 2.40. The largest absolute Gasteiger partial charge is 0.465 e. The van der Waals surface area contributed by atoms with Gasteiger partial charge in [0.25, 0.3) is 0 Å². The van der Waals surface area contributed by atoms with Gasteiger partial charge in [-0.2, -0.15) is 5.26 Å². The molecule has 0 aromatic heterocycles. The van der Waals surface area contributed by atoms with Crippen molar-refractivity contribution < 1.29 is 9.53 Å². The predicted octanol–water partition coefficient (Wildman–Crippen LogP) is 3.05. The number of nitriles is 1. The molecule has 0 N–H and O–H groups in total. The molecule has 0 aliphatic carbocycles. The zero-order valence-electron chi connectivity index (χ0n) is 10.0. The van der Waals surface area contributed by atoms with E-state index in [1.165, 1.54) is 0 Å². The minimum Gasteiger partial charge on any atom is -0.465 e. The summed E-state index contributed by atoms with van der Waals surface area (Å²) in [4.78, 5) is 11.8. The Morgan fingerprint density at radius 3 is 2.07 bits per heavy atom. The third kappa shape index (κ3) is 3.91. The Labute approximate surface area is 92.4 Å². The summed E-state index contributed by atoms with van der Waals surface area (Å²) >= 11 is 0. The highest BCUT2D eigenvalue weighted by Crippen LogP contribution is 2.30. The quantitative estimate of drug-likeness (QED) is 0.608. The first kappa shape index (κ1) is 14.0. The average Bonchev–Trinajstić information content (AvgIpc) is 2.25. The van der Waals surface area contributed by atoms with Crippen molar-refractivity contribution in [1.29, 1.82) is 5.26 Å². The minimum atomic E-state index is -0.904. The van der Waals surface area contributed by atoms with Crippen LogP contribution in [0.5, 0.6) is 0 Å². The third-order valence-corrected chi connectivity index (χ3v) is 2.40. The van der Waals surface area contributed by atoms with Crippen molar-refractivity contribution in [2.75, 3.05) is 6.61 Å². The van der Waals surface area contributed by atoms with Gasteiger partial charge in [0.05, 0.1) is 12.7 Å². The molecule has 0 radical (unpaired) electrons. The lowest BCUT2D eigenvalue weighted by molar-refractivity contribution is -0.153. The zero-order chi connectivity index (χ0) is 11.7. The maximum absolute atomic E-state index is 11.8. The molecule has 0 unspecified atom stereocenters. The van der Waals surface area contributed by atoms with E-state index >= 15 is 0 Å². The van der Waals surface area contributed by atoms with Crippen molar-refractivity contribution in [2.45, 2.75) is 52.9 Å². The highest BCUT2D eigenvalue weighted by Gasteiger charge is 2.38. The summed E-state index contributed by atoms with van der Waals surface area (Å²) in [5, 5.41) is 9.16. The highest BCUT2D eigenvalue weighted by atomic mass is 16.5. The molecule has 0 saturated heterocycles. The molecule has 0 heterocycles. The summed E-state index contributed by atoms with van der Waals surface area (Å²) in [7, 11) is 0. The molecule has 0 bridgehead atoms. The number of carbonyl (C=O) groups is 1. The normalized spacial score (nSPS) is 10.8. The van der Waals surface area contributed by atoms with Gasteiger partial charge in [0.15, 0.2) is 5.41 Å². The Kier molecular flexibility index (Phi) is 6.77. The molecule has 0 rings (SSSR count). The molecule has 15 heavy (non-hydrogen) atoms. The van der Waals surface area contributed by atoms with E-state index in [1.54, 1.807) is 0 Å². The molecule has 0 saturated carbocycles. The van der Waals surface area contributed by atoms with Crippen molar-refractivity contribution in [3.05, 3.63) is 0 Å². The molecule has 0 spiro atoms. The molecule has 0 amide bonds. The fourth-order valence-electron chi connectivity index (χ4n) is 1.67. The molecule has 0 aromatic rings. The molecule has 3 nitrogen and oxygen atoms in total. The van der Waals surface area contributed by atoms with Gasteiger partial charge in [0.1, 0.15) is 0 Å². The number of carbonyl (C=O) groups excluding carboxylic acids is 1. The van der Waals surface area contributed by atoms with Gasteiger partial charge in [-0.3, -0.25) is 4.79 Å². The van der Waals surface area contributed by atoms with E-state index in [9.17, 15) is 4.79 Å². The second kappa shape index (κ2) is 7.28. The molecule has 0 atom stereocenters. The van der Waals surface area contributed by atoms with Crippen molar-refractivity contribution in [2.24, 2.45) is 5.41 Å². The lowest BCUT2D eigenvalue weighted by Crippen LogP contribution is -2.31. The van der Waals surface area contributed by atoms with Crippen LogP contribution in [0, 0.1) is 16.7 Å². The van der Waals surface area contributed by atoms with E-state index in [-0.39, 0.29) is 5.97 Å². The molecule has 0 aromatic carbocycles. The standard InChI is InChI=1S/C12H21NO2/c1-4-7-12(10-13,8-5-2)11(14)15-9-6-3/h4-9H2,1-3H3. The Hall–Kier alpha value is -1.04. The van der Waals surface area contributed by atoms with Gasteiger partial charge < -0.3 is 4.74 Å². The molecule has 0 fully saturated rings. The summed E-state index contributed by atoms with van der Waals surface area (Å²) in [6, 6.07) is 2.15. The first-order valence-corrected chi connectivity index (χ1v) is 5.75. The van der Waals surface area contributed by atoms with Crippen LogP contribution in [0.4, 0.5) is 0 Å². The van der Waals surface area contributed by atoms with E-state index in [0.29, 0.717) is 19.4 Å². The first-order chi connectivity index (χ1) is 7.16. The summed E-state index contributed by atoms with van der Waals surface area (Å²) in [5.41, 5.74) is -0.904. The van der Waals surface area contributed by atoms with Crippen molar-refractivity contribution >= 4 is 5.97 Å². The molecule has 86 valence electrons. The second-order valence-corrected chi connectivity index (χ2v) is 3.83. The fourth-order valence-corrected chi connectivity index (χ4v) is 1.67. The molecular formula is C12H21NO2. The van der Waals surface area contributed by atoms with Crippen molar-refractivity contribution in [3.63, 3.8) is 0 Å². The smallest absolute Gasteiger partial charge is 0.326 e. The second-order valence-electron chi connectivity index (χ2n) is 3.83. The number of rotatable bonds is 7. The van der Waals surface area contributed by atoms with Gasteiger partial charge in [-0.25, -0.2) is 0 Å². The number of esters is 1. The van der Waals surface area contributed by atoms with Gasteiger partial charge in [0.2, 0.25) is 0 Å². The van der Waals surface area contributed by atoms with Gasteiger partial charge in [-0.15, -0.1) is 0 Å². The number of ether oxygens (including phenoxy) is 1. The highest BCUT2D eigenvalue weighted by molar-refractivity contribution is 5.80. The van der Waals surface area contributed by atoms with E-state index < -0.39 is 5.41 Å². The molecule has 3 heteroatoms. The zero-order valence-corrected chi connectivity index (χ0v) is 10.0. The lowest BCUT2D eigenvalue weighted by Gasteiger charge is -2.23. The summed E-state index contributed by atoms with van der Waals surface area (Å²) in [6.45, 7) is 6.32. The van der Waals surface area contributed by atoms with Gasteiger partial charge in [0, 0.05) is 0 Å². The summed E-state index contributed by atoms with van der Waals surface area (Å²) < 4.78 is 5.09. The first-order valence-electron chi connectivity index (χ1n) is 5.75. The number of hydrogen-bond donors (Lipinski definition) is 0. The van der Waals surface area contributed by atoms with Crippen LogP contribution in [0.15, 0.2) is 0 Å². The van der Waals surface area contributed by atoms with Crippen molar-refractivity contribution in [3.8, 4) is 6.07 Å². The Morgan fingerprint density at radius 2 is 1.73 bits per heavy atom. The van der Waals surface area contributed by atoms with Crippen molar-refractivity contribution in [1.82, 2.24) is 0 Å². The van der Waals surface area contributed by atoms with Gasteiger partial charge in [-0.05, 0) is 19.3 Å². The average molecular weight is 211 g/mol. The van der Waals surface area contributed by atoms with Crippen LogP contribution in [0.3, 0.4) is 0 Å². The van der Waals surface area contributed by atoms with Gasteiger partial charge in [-0.1, -0.05) is 33.6 Å². The molecule has 0 aliphatic heterocycles. The number of hydrogen-bond acceptors (Lipinski definition) is 3. The Morgan fingerprint density at radius 1 is 1.20 bits per heavy atom. The van der Waals surface area contributed by atoms with Crippen LogP contribution in [0.2, 0.25) is 0 Å². The van der Waals surface area contributed by atoms with Crippen LogP contribution >= 0.6 is 0 Å². The van der Waals surface area contributed by atoms with Crippen LogP contribution in [0.1, 0.15) is 52.9 Å². The SMILES string of the molecule is CCCOC(=O)C(C#N)(CCC)CCC. The summed E-state index contributed by atoms with van der Waals surface area (Å²) in [5.74, 6) is -0.337. The maximum atomic E-state index is 11.8. The number of nitrogens with zero attached hydrogens (tertiary/aromatic N) is 1. The summed E-state index contributed by atoms with van der Waals surface area (Å²) in [6.07, 6.45) is 3.65. The molecular weight excluding hydrogens is 190 g/mol. The van der Waals surface area contributed by atoms with E-state index in [2.05, 4.69) is 6.07 Å². The van der Waals surface area contributed by atoms with E-state index in [0.717, 1.165) is 19.3 Å². The maximum Gasteiger partial charge on any atom is 0.326 e. The fraction of sp³-hybridized carbons (Fsp3) is 0.833. The predicted molar refractivity (Wildman–Crippen MR) is 59.1 cm³/mol. The van der Waals surface area contributed by atoms with Crippen LogP contribution in [0.25, 0.3) is 0 Å². The van der Waals surface area contributed by atoms with Crippen LogP contribution in [-0.2, 0) is 9.53 Å². The lowest BCUT2D eigenvalue weighted by atomic mass is 9.81. The Balaban J connectivity index is 4.58. The minimum absolute atomic E-state index is 0.337.